The van der Waals surface area contributed by atoms with Crippen molar-refractivity contribution < 1.29 is 8.83 Å². The molecule has 0 amide bonds. The highest BCUT2D eigenvalue weighted by atomic mass is 16.3. The number of hydrogen-bond donors (Lipinski definition) is 0. The second-order valence-corrected chi connectivity index (χ2v) is 17.6. The second kappa shape index (κ2) is 13.9. The van der Waals surface area contributed by atoms with Crippen LogP contribution in [-0.2, 0) is 5.41 Å². The topological polar surface area (TPSA) is 29.5 Å². The summed E-state index contributed by atoms with van der Waals surface area (Å²) in [5, 5.41) is 6.70. The first-order valence-electron chi connectivity index (χ1n) is 22.1. The minimum absolute atomic E-state index is 0.119. The first-order chi connectivity index (χ1) is 31.5. The molecule has 10 aromatic carbocycles. The summed E-state index contributed by atoms with van der Waals surface area (Å²) in [6.45, 7) is 4.70. The Morgan fingerprint density at radius 2 is 0.922 bits per heavy atom. The highest BCUT2D eigenvalue weighted by molar-refractivity contribution is 6.22. The lowest BCUT2D eigenvalue weighted by molar-refractivity contribution is 0.660. The fourth-order valence-corrected chi connectivity index (χ4v) is 10.5. The van der Waals surface area contributed by atoms with Crippen LogP contribution in [0.3, 0.4) is 0 Å². The Kier molecular flexibility index (Phi) is 7.95. The van der Waals surface area contributed by atoms with Crippen LogP contribution >= 0.6 is 0 Å². The van der Waals surface area contributed by atoms with E-state index in [4.69, 9.17) is 8.83 Å². The zero-order chi connectivity index (χ0) is 42.5. The van der Waals surface area contributed by atoms with Crippen LogP contribution in [0.25, 0.3) is 99.2 Å². The SMILES string of the molecule is CC1(C)c2ccccc2-c2ccc(N(c3ccc(-c4ccccc4)cc3)c3ccc(-c4cccc5oc6c7ccccc7c(-c7ccc8oc9ccccc9c8c7)cc6c45)cc3)cc21. The van der Waals surface area contributed by atoms with Gasteiger partial charge in [0.05, 0.1) is 0 Å². The molecule has 0 atom stereocenters. The number of anilines is 3. The maximum absolute atomic E-state index is 6.81. The first kappa shape index (κ1) is 36.5. The van der Waals surface area contributed by atoms with Gasteiger partial charge in [-0.2, -0.15) is 0 Å². The van der Waals surface area contributed by atoms with E-state index >= 15 is 0 Å². The Morgan fingerprint density at radius 1 is 0.328 bits per heavy atom. The zero-order valence-electron chi connectivity index (χ0n) is 35.5. The lowest BCUT2D eigenvalue weighted by atomic mass is 9.82. The number of furan rings is 2. The molecule has 0 N–H and O–H groups in total. The fraction of sp³-hybridized carbons (Fsp3) is 0.0492. The summed E-state index contributed by atoms with van der Waals surface area (Å²) in [7, 11) is 0. The molecule has 1 aliphatic carbocycles. The van der Waals surface area contributed by atoms with Gasteiger partial charge >= 0.3 is 0 Å². The van der Waals surface area contributed by atoms with Gasteiger partial charge in [0.15, 0.2) is 0 Å². The van der Waals surface area contributed by atoms with Crippen LogP contribution in [-0.4, -0.2) is 0 Å². The van der Waals surface area contributed by atoms with Crippen molar-refractivity contribution in [3.8, 4) is 44.5 Å². The minimum Gasteiger partial charge on any atom is -0.456 e. The number of nitrogens with zero attached hydrogens (tertiary/aromatic N) is 1. The summed E-state index contributed by atoms with van der Waals surface area (Å²) < 4.78 is 13.0. The summed E-state index contributed by atoms with van der Waals surface area (Å²) in [6, 6.07) is 76.7. The summed E-state index contributed by atoms with van der Waals surface area (Å²) in [5.41, 5.74) is 19.1. The van der Waals surface area contributed by atoms with Crippen molar-refractivity contribution in [1.29, 1.82) is 0 Å². The third kappa shape index (κ3) is 5.54. The lowest BCUT2D eigenvalue weighted by Gasteiger charge is -2.28. The molecular formula is C61H41NO2. The van der Waals surface area contributed by atoms with Crippen molar-refractivity contribution in [3.63, 3.8) is 0 Å². The molecule has 1 aliphatic rings. The van der Waals surface area contributed by atoms with Crippen molar-refractivity contribution >= 4 is 71.7 Å². The van der Waals surface area contributed by atoms with Gasteiger partial charge in [0.1, 0.15) is 22.3 Å². The molecule has 2 aromatic heterocycles. The van der Waals surface area contributed by atoms with Gasteiger partial charge in [-0.05, 0) is 128 Å². The fourth-order valence-electron chi connectivity index (χ4n) is 10.5. The van der Waals surface area contributed by atoms with Crippen LogP contribution in [0.2, 0.25) is 0 Å². The average Bonchev–Trinajstić information content (AvgIpc) is 3.99. The van der Waals surface area contributed by atoms with Gasteiger partial charge in [-0.1, -0.05) is 159 Å². The smallest absolute Gasteiger partial charge is 0.143 e. The Labute approximate surface area is 371 Å². The van der Waals surface area contributed by atoms with E-state index in [0.717, 1.165) is 94.0 Å². The van der Waals surface area contributed by atoms with Gasteiger partial charge in [0.25, 0.3) is 0 Å². The van der Waals surface area contributed by atoms with Crippen LogP contribution < -0.4 is 4.90 Å². The van der Waals surface area contributed by atoms with E-state index in [-0.39, 0.29) is 5.41 Å². The van der Waals surface area contributed by atoms with Crippen molar-refractivity contribution in [3.05, 3.63) is 223 Å². The van der Waals surface area contributed by atoms with Gasteiger partial charge in [-0.15, -0.1) is 0 Å². The van der Waals surface area contributed by atoms with Crippen LogP contribution in [0.4, 0.5) is 17.1 Å². The van der Waals surface area contributed by atoms with Gasteiger partial charge in [-0.3, -0.25) is 0 Å². The Hall–Kier alpha value is -8.14. The lowest BCUT2D eigenvalue weighted by Crippen LogP contribution is -2.16. The molecule has 13 rings (SSSR count). The quantitative estimate of drug-likeness (QED) is 0.167. The molecule has 0 aliphatic heterocycles. The Balaban J connectivity index is 0.949. The number of para-hydroxylation sites is 1. The van der Waals surface area contributed by atoms with Crippen LogP contribution in [0.1, 0.15) is 25.0 Å². The molecule has 0 saturated carbocycles. The molecule has 64 heavy (non-hydrogen) atoms. The molecule has 0 radical (unpaired) electrons. The molecule has 3 heteroatoms. The summed E-state index contributed by atoms with van der Waals surface area (Å²) in [5.74, 6) is 0. The molecular weight excluding hydrogens is 779 g/mol. The van der Waals surface area contributed by atoms with Gasteiger partial charge < -0.3 is 13.7 Å². The summed E-state index contributed by atoms with van der Waals surface area (Å²) in [4.78, 5) is 2.39. The highest BCUT2D eigenvalue weighted by Gasteiger charge is 2.35. The van der Waals surface area contributed by atoms with Gasteiger partial charge in [-0.25, -0.2) is 0 Å². The van der Waals surface area contributed by atoms with E-state index in [1.807, 2.05) is 12.1 Å². The van der Waals surface area contributed by atoms with Crippen molar-refractivity contribution in [2.24, 2.45) is 0 Å². The van der Waals surface area contributed by atoms with Gasteiger partial charge in [0, 0.05) is 49.4 Å². The first-order valence-corrected chi connectivity index (χ1v) is 22.1. The average molecular weight is 820 g/mol. The Bertz CT molecular complexity index is 3800. The zero-order valence-corrected chi connectivity index (χ0v) is 35.5. The molecule has 302 valence electrons. The standard InChI is InChI=1S/C61H41NO2/c1-61(2)54-20-10-8-16-47(54)48-33-32-44(36-55(48)61)62(42-28-23-39(24-29-42)38-13-4-3-5-14-38)43-30-25-40(26-31-43)45-19-12-22-58-59(45)53-37-51(46-15-6-7-18-50(46)60(53)64-58)41-27-34-57-52(35-41)49-17-9-11-21-56(49)63-57/h3-37H,1-2H3. The van der Waals surface area contributed by atoms with Crippen LogP contribution in [0, 0.1) is 0 Å². The van der Waals surface area contributed by atoms with Crippen LogP contribution in [0.15, 0.2) is 221 Å². The number of fused-ring (bicyclic) bond motifs is 11. The molecule has 2 heterocycles. The second-order valence-electron chi connectivity index (χ2n) is 17.6. The maximum Gasteiger partial charge on any atom is 0.143 e. The third-order valence-electron chi connectivity index (χ3n) is 13.7. The molecule has 0 bridgehead atoms. The largest absolute Gasteiger partial charge is 0.456 e. The summed E-state index contributed by atoms with van der Waals surface area (Å²) >= 11 is 0. The normalized spacial score (nSPS) is 13.0. The van der Waals surface area contributed by atoms with Crippen molar-refractivity contribution in [2.75, 3.05) is 4.90 Å². The summed E-state index contributed by atoms with van der Waals surface area (Å²) in [6.07, 6.45) is 0. The molecule has 0 spiro atoms. The maximum atomic E-state index is 6.81. The minimum atomic E-state index is -0.119. The van der Waals surface area contributed by atoms with Crippen molar-refractivity contribution in [2.45, 2.75) is 19.3 Å². The van der Waals surface area contributed by atoms with E-state index < -0.39 is 0 Å². The van der Waals surface area contributed by atoms with Crippen LogP contribution in [0.5, 0.6) is 0 Å². The third-order valence-corrected chi connectivity index (χ3v) is 13.7. The molecule has 0 saturated heterocycles. The van der Waals surface area contributed by atoms with E-state index in [9.17, 15) is 0 Å². The molecule has 0 unspecified atom stereocenters. The van der Waals surface area contributed by atoms with Gasteiger partial charge in [0.2, 0.25) is 0 Å². The van der Waals surface area contributed by atoms with E-state index in [1.54, 1.807) is 0 Å². The highest BCUT2D eigenvalue weighted by Crippen LogP contribution is 2.51. The number of rotatable bonds is 6. The van der Waals surface area contributed by atoms with E-state index in [1.165, 1.54) is 33.4 Å². The number of hydrogen-bond acceptors (Lipinski definition) is 3. The predicted molar refractivity (Wildman–Crippen MR) is 267 cm³/mol. The number of benzene rings is 10. The monoisotopic (exact) mass is 819 g/mol. The molecule has 0 fully saturated rings. The molecule has 12 aromatic rings. The van der Waals surface area contributed by atoms with E-state index in [2.05, 4.69) is 219 Å². The van der Waals surface area contributed by atoms with E-state index in [0.29, 0.717) is 0 Å². The Morgan fingerprint density at radius 3 is 1.73 bits per heavy atom. The molecule has 3 nitrogen and oxygen atoms in total. The predicted octanol–water partition coefficient (Wildman–Crippen LogP) is 17.4. The van der Waals surface area contributed by atoms with Crippen molar-refractivity contribution in [1.82, 2.24) is 0 Å².